The Labute approximate surface area is 187 Å². The largest absolute Gasteiger partial charge is 0.291 e. The van der Waals surface area contributed by atoms with E-state index in [0.717, 1.165) is 32.7 Å². The number of imidazole rings is 1. The molecule has 0 spiro atoms. The van der Waals surface area contributed by atoms with E-state index in [9.17, 15) is 5.26 Å². The lowest BCUT2D eigenvalue weighted by Gasteiger charge is -2.11. The second kappa shape index (κ2) is 7.62. The van der Waals surface area contributed by atoms with Gasteiger partial charge in [-0.25, -0.2) is 4.98 Å². The molecule has 0 unspecified atom stereocenters. The number of benzene rings is 2. The first-order valence-corrected chi connectivity index (χ1v) is 10.8. The van der Waals surface area contributed by atoms with E-state index in [-0.39, 0.29) is 0 Å². The van der Waals surface area contributed by atoms with Gasteiger partial charge in [0.25, 0.3) is 0 Å². The molecule has 3 aromatic heterocycles. The highest BCUT2D eigenvalue weighted by Gasteiger charge is 2.17. The van der Waals surface area contributed by atoms with Crippen LogP contribution in [0.3, 0.4) is 0 Å². The molecule has 2 aromatic carbocycles. The number of aromatic nitrogens is 2. The Kier molecular flexibility index (Phi) is 4.80. The zero-order valence-corrected chi connectivity index (χ0v) is 17.8. The monoisotopic (exact) mass is 445 g/mol. The van der Waals surface area contributed by atoms with Gasteiger partial charge in [0.05, 0.1) is 26.8 Å². The topological polar surface area (TPSA) is 41.1 Å². The fourth-order valence-corrected chi connectivity index (χ4v) is 4.44. The van der Waals surface area contributed by atoms with Crippen molar-refractivity contribution >= 4 is 63.4 Å². The Morgan fingerprint density at radius 1 is 0.967 bits per heavy atom. The van der Waals surface area contributed by atoms with Gasteiger partial charge in [-0.3, -0.25) is 4.40 Å². The average molecular weight is 446 g/mol. The number of nitrogens with zero attached hydrogens (tertiary/aromatic N) is 3. The van der Waals surface area contributed by atoms with Crippen LogP contribution in [0.25, 0.3) is 40.1 Å². The summed E-state index contributed by atoms with van der Waals surface area (Å²) in [7, 11) is 0. The van der Waals surface area contributed by atoms with E-state index in [1.807, 2.05) is 76.5 Å². The fraction of sp³-hybridized carbons (Fsp3) is 0. The Balaban J connectivity index is 1.86. The number of rotatable bonds is 3. The summed E-state index contributed by atoms with van der Waals surface area (Å²) in [6.45, 7) is 0. The second-order valence-corrected chi connectivity index (χ2v) is 8.50. The molecule has 0 amide bonds. The first-order valence-electron chi connectivity index (χ1n) is 9.17. The van der Waals surface area contributed by atoms with E-state index in [1.165, 1.54) is 0 Å². The summed E-state index contributed by atoms with van der Waals surface area (Å²) in [6, 6.07) is 21.8. The molecule has 0 fully saturated rings. The number of pyridine rings is 1. The van der Waals surface area contributed by atoms with Crippen molar-refractivity contribution in [3.05, 3.63) is 92.1 Å². The van der Waals surface area contributed by atoms with Gasteiger partial charge in [-0.05, 0) is 53.4 Å². The summed E-state index contributed by atoms with van der Waals surface area (Å²) < 4.78 is 2.01. The normalized spacial score (nSPS) is 11.5. The molecule has 0 N–H and O–H groups in total. The summed E-state index contributed by atoms with van der Waals surface area (Å²) in [4.78, 5) is 5.88. The zero-order valence-electron chi connectivity index (χ0n) is 15.5. The number of thiophene rings is 1. The van der Waals surface area contributed by atoms with E-state index >= 15 is 0 Å². The molecular formula is C24H13Cl2N3S. The second-order valence-electron chi connectivity index (χ2n) is 6.71. The van der Waals surface area contributed by atoms with Crippen LogP contribution in [0.2, 0.25) is 10.0 Å². The number of hydrogen-bond acceptors (Lipinski definition) is 3. The van der Waals surface area contributed by atoms with Crippen molar-refractivity contribution in [2.75, 3.05) is 0 Å². The van der Waals surface area contributed by atoms with Crippen LogP contribution in [0.4, 0.5) is 0 Å². The molecule has 3 nitrogen and oxygen atoms in total. The number of hydrogen-bond donors (Lipinski definition) is 0. The maximum atomic E-state index is 9.97. The van der Waals surface area contributed by atoms with Gasteiger partial charge >= 0.3 is 0 Å². The molecule has 144 valence electrons. The third-order valence-corrected chi connectivity index (χ3v) is 6.48. The maximum Gasteiger partial charge on any atom is 0.157 e. The van der Waals surface area contributed by atoms with Gasteiger partial charge in [0, 0.05) is 10.4 Å². The molecule has 0 saturated heterocycles. The molecule has 0 aliphatic carbocycles. The third-order valence-electron chi connectivity index (χ3n) is 4.90. The lowest BCUT2D eigenvalue weighted by Crippen LogP contribution is -1.98. The zero-order chi connectivity index (χ0) is 20.7. The third kappa shape index (κ3) is 3.18. The number of halogens is 2. The van der Waals surface area contributed by atoms with E-state index in [2.05, 4.69) is 6.07 Å². The molecule has 0 bridgehead atoms. The highest BCUT2D eigenvalue weighted by molar-refractivity contribution is 7.10. The number of fused-ring (bicyclic) bond motifs is 3. The molecule has 0 aliphatic heterocycles. The maximum absolute atomic E-state index is 9.97. The quantitative estimate of drug-likeness (QED) is 0.287. The van der Waals surface area contributed by atoms with Crippen LogP contribution in [-0.2, 0) is 0 Å². The summed E-state index contributed by atoms with van der Waals surface area (Å²) in [6.07, 6.45) is 3.98. The minimum absolute atomic E-state index is 0.478. The summed E-state index contributed by atoms with van der Waals surface area (Å²) in [5, 5.41) is 13.0. The molecule has 3 heterocycles. The Morgan fingerprint density at radius 3 is 2.60 bits per heavy atom. The van der Waals surface area contributed by atoms with E-state index in [1.54, 1.807) is 17.4 Å². The van der Waals surface area contributed by atoms with Crippen LogP contribution in [0.15, 0.2) is 66.0 Å². The molecule has 30 heavy (non-hydrogen) atoms. The fourth-order valence-electron chi connectivity index (χ4n) is 3.52. The van der Waals surface area contributed by atoms with Gasteiger partial charge < -0.3 is 0 Å². The Hall–Kier alpha value is -3.10. The van der Waals surface area contributed by atoms with Crippen LogP contribution in [0.1, 0.15) is 16.0 Å². The van der Waals surface area contributed by atoms with Gasteiger partial charge in [0.1, 0.15) is 11.6 Å². The highest BCUT2D eigenvalue weighted by Crippen LogP contribution is 2.34. The Morgan fingerprint density at radius 2 is 1.83 bits per heavy atom. The van der Waals surface area contributed by atoms with Crippen LogP contribution < -0.4 is 0 Å². The minimum Gasteiger partial charge on any atom is -0.291 e. The van der Waals surface area contributed by atoms with Crippen molar-refractivity contribution in [2.45, 2.75) is 0 Å². The smallest absolute Gasteiger partial charge is 0.157 e. The molecule has 5 rings (SSSR count). The molecule has 6 heteroatoms. The SMILES string of the molecule is N#Cc1c(C=Cc2cccs2)cc(-c2ccc(Cl)c(Cl)c2)n2c1nc1ccccc12. The van der Waals surface area contributed by atoms with Crippen LogP contribution in [0, 0.1) is 11.3 Å². The molecule has 0 aliphatic rings. The standard InChI is InChI=1S/C24H13Cl2N3S/c25-19-10-8-16(12-20(19)26)23-13-15(7-9-17-4-3-11-30-17)18(14-27)24-28-21-5-1-2-6-22(21)29(23)24/h1-13H. The average Bonchev–Trinajstić information content (AvgIpc) is 3.41. The van der Waals surface area contributed by atoms with Crippen molar-refractivity contribution in [1.82, 2.24) is 9.38 Å². The van der Waals surface area contributed by atoms with Gasteiger partial charge in [0.15, 0.2) is 5.65 Å². The number of nitriles is 1. The molecule has 0 saturated carbocycles. The van der Waals surface area contributed by atoms with Crippen LogP contribution in [-0.4, -0.2) is 9.38 Å². The van der Waals surface area contributed by atoms with E-state index in [0.29, 0.717) is 21.3 Å². The van der Waals surface area contributed by atoms with Crippen molar-refractivity contribution in [2.24, 2.45) is 0 Å². The predicted octanol–water partition coefficient (Wildman–Crippen LogP) is 7.56. The van der Waals surface area contributed by atoms with Crippen molar-refractivity contribution in [3.63, 3.8) is 0 Å². The summed E-state index contributed by atoms with van der Waals surface area (Å²) in [5.74, 6) is 0. The summed E-state index contributed by atoms with van der Waals surface area (Å²) in [5.41, 5.74) is 5.49. The van der Waals surface area contributed by atoms with E-state index < -0.39 is 0 Å². The molecule has 0 radical (unpaired) electrons. The Bertz CT molecular complexity index is 1470. The molecule has 0 atom stereocenters. The van der Waals surface area contributed by atoms with Crippen molar-refractivity contribution < 1.29 is 0 Å². The van der Waals surface area contributed by atoms with E-state index in [4.69, 9.17) is 28.2 Å². The van der Waals surface area contributed by atoms with Gasteiger partial charge in [0.2, 0.25) is 0 Å². The minimum atomic E-state index is 0.478. The van der Waals surface area contributed by atoms with Crippen molar-refractivity contribution in [3.8, 4) is 17.3 Å². The van der Waals surface area contributed by atoms with Gasteiger partial charge in [-0.15, -0.1) is 11.3 Å². The van der Waals surface area contributed by atoms with Gasteiger partial charge in [-0.1, -0.05) is 53.5 Å². The van der Waals surface area contributed by atoms with Gasteiger partial charge in [-0.2, -0.15) is 5.26 Å². The number of para-hydroxylation sites is 2. The van der Waals surface area contributed by atoms with Crippen LogP contribution in [0.5, 0.6) is 0 Å². The molecular weight excluding hydrogens is 433 g/mol. The highest BCUT2D eigenvalue weighted by atomic mass is 35.5. The predicted molar refractivity (Wildman–Crippen MR) is 126 cm³/mol. The molecule has 5 aromatic rings. The van der Waals surface area contributed by atoms with Crippen LogP contribution >= 0.6 is 34.5 Å². The lowest BCUT2D eigenvalue weighted by atomic mass is 10.0. The first-order chi connectivity index (χ1) is 14.7. The first kappa shape index (κ1) is 18.9. The lowest BCUT2D eigenvalue weighted by molar-refractivity contribution is 1.21. The summed E-state index contributed by atoms with van der Waals surface area (Å²) >= 11 is 14.1. The van der Waals surface area contributed by atoms with Crippen molar-refractivity contribution in [1.29, 1.82) is 5.26 Å².